The number of hydrogen-bond acceptors (Lipinski definition) is 3. The van der Waals surface area contributed by atoms with Gasteiger partial charge in [0.15, 0.2) is 5.65 Å². The number of fused-ring (bicyclic) bond motifs is 1. The Bertz CT molecular complexity index is 365. The van der Waals surface area contributed by atoms with Crippen molar-refractivity contribution in [3.8, 4) is 0 Å². The van der Waals surface area contributed by atoms with Crippen molar-refractivity contribution in [1.29, 1.82) is 0 Å². The predicted octanol–water partition coefficient (Wildman–Crippen LogP) is 0.188. The van der Waals surface area contributed by atoms with Crippen LogP contribution in [0.15, 0.2) is 24.7 Å². The molecule has 0 aromatic carbocycles. The number of nitrogens with zero attached hydrogens (tertiary/aromatic N) is 3. The topological polar surface area (TPSA) is 56.2 Å². The Morgan fingerprint density at radius 1 is 1.45 bits per heavy atom. The molecule has 0 atom stereocenters. The lowest BCUT2D eigenvalue weighted by Gasteiger charge is -1.95. The van der Waals surface area contributed by atoms with Gasteiger partial charge in [-0.25, -0.2) is 9.50 Å². The molecule has 0 aliphatic heterocycles. The summed E-state index contributed by atoms with van der Waals surface area (Å²) in [7, 11) is 0. The van der Waals surface area contributed by atoms with Crippen LogP contribution in [0.2, 0.25) is 0 Å². The second-order valence-electron chi connectivity index (χ2n) is 2.30. The van der Waals surface area contributed by atoms with E-state index in [9.17, 15) is 0 Å². The van der Waals surface area contributed by atoms with Gasteiger partial charge in [0.25, 0.3) is 0 Å². The monoisotopic (exact) mass is 148 g/mol. The fourth-order valence-corrected chi connectivity index (χ4v) is 0.980. The Labute approximate surface area is 63.7 Å². The van der Waals surface area contributed by atoms with E-state index in [1.165, 1.54) is 6.33 Å². The number of pyridine rings is 1. The summed E-state index contributed by atoms with van der Waals surface area (Å²) >= 11 is 0. The highest BCUT2D eigenvalue weighted by Gasteiger charge is 1.94. The van der Waals surface area contributed by atoms with E-state index in [0.717, 1.165) is 11.2 Å². The largest absolute Gasteiger partial charge is 0.326 e. The van der Waals surface area contributed by atoms with Crippen LogP contribution in [-0.4, -0.2) is 14.6 Å². The normalized spacial score (nSPS) is 10.6. The molecular formula is C7H8N4. The summed E-state index contributed by atoms with van der Waals surface area (Å²) in [5.41, 5.74) is 7.36. The molecule has 0 radical (unpaired) electrons. The second-order valence-corrected chi connectivity index (χ2v) is 2.30. The summed E-state index contributed by atoms with van der Waals surface area (Å²) in [4.78, 5) is 4.01. The summed E-state index contributed by atoms with van der Waals surface area (Å²) in [6, 6.07) is 3.85. The Kier molecular flexibility index (Phi) is 1.33. The zero-order chi connectivity index (χ0) is 7.68. The van der Waals surface area contributed by atoms with E-state index in [-0.39, 0.29) is 0 Å². The molecule has 0 bridgehead atoms. The highest BCUT2D eigenvalue weighted by molar-refractivity contribution is 5.37. The number of hydrogen-bond donors (Lipinski definition) is 1. The molecule has 11 heavy (non-hydrogen) atoms. The third-order valence-electron chi connectivity index (χ3n) is 1.57. The molecule has 2 rings (SSSR count). The molecule has 2 aromatic heterocycles. The SMILES string of the molecule is NCc1ccc2ncnn2c1. The fraction of sp³-hybridized carbons (Fsp3) is 0.143. The molecule has 0 saturated carbocycles. The highest BCUT2D eigenvalue weighted by atomic mass is 15.3. The first-order valence-corrected chi connectivity index (χ1v) is 3.38. The van der Waals surface area contributed by atoms with Gasteiger partial charge >= 0.3 is 0 Å². The molecule has 0 amide bonds. The van der Waals surface area contributed by atoms with Crippen LogP contribution in [0.4, 0.5) is 0 Å². The maximum atomic E-state index is 5.45. The lowest BCUT2D eigenvalue weighted by Crippen LogP contribution is -1.98. The predicted molar refractivity (Wildman–Crippen MR) is 40.9 cm³/mol. The third kappa shape index (κ3) is 0.969. The number of rotatable bonds is 1. The minimum absolute atomic E-state index is 0.537. The van der Waals surface area contributed by atoms with E-state index in [0.29, 0.717) is 6.54 Å². The average molecular weight is 148 g/mol. The summed E-state index contributed by atoms with van der Waals surface area (Å²) in [6.07, 6.45) is 3.40. The van der Waals surface area contributed by atoms with E-state index in [1.54, 1.807) is 4.52 Å². The minimum atomic E-state index is 0.537. The van der Waals surface area contributed by atoms with Crippen LogP contribution in [0.1, 0.15) is 5.56 Å². The van der Waals surface area contributed by atoms with Crippen LogP contribution in [0, 0.1) is 0 Å². The standard InChI is InChI=1S/C7H8N4/c8-3-6-1-2-7-9-5-10-11(7)4-6/h1-2,4-5H,3,8H2. The molecule has 4 nitrogen and oxygen atoms in total. The maximum absolute atomic E-state index is 5.45. The third-order valence-corrected chi connectivity index (χ3v) is 1.57. The summed E-state index contributed by atoms with van der Waals surface area (Å²) < 4.78 is 1.71. The summed E-state index contributed by atoms with van der Waals surface area (Å²) in [6.45, 7) is 0.537. The van der Waals surface area contributed by atoms with Crippen molar-refractivity contribution >= 4 is 5.65 Å². The van der Waals surface area contributed by atoms with Gasteiger partial charge in [-0.1, -0.05) is 6.07 Å². The van der Waals surface area contributed by atoms with Gasteiger partial charge in [0.2, 0.25) is 0 Å². The Hall–Kier alpha value is -1.42. The first-order valence-electron chi connectivity index (χ1n) is 3.38. The van der Waals surface area contributed by atoms with E-state index < -0.39 is 0 Å². The highest BCUT2D eigenvalue weighted by Crippen LogP contribution is 2.00. The fourth-order valence-electron chi connectivity index (χ4n) is 0.980. The van der Waals surface area contributed by atoms with E-state index in [2.05, 4.69) is 10.1 Å². The van der Waals surface area contributed by atoms with Gasteiger partial charge in [0.05, 0.1) is 0 Å². The Balaban J connectivity index is 2.67. The van der Waals surface area contributed by atoms with Crippen molar-refractivity contribution in [3.05, 3.63) is 30.2 Å². The van der Waals surface area contributed by atoms with Crippen LogP contribution in [0.5, 0.6) is 0 Å². The van der Waals surface area contributed by atoms with Crippen LogP contribution in [0.3, 0.4) is 0 Å². The van der Waals surface area contributed by atoms with E-state index in [1.807, 2.05) is 18.3 Å². The van der Waals surface area contributed by atoms with Crippen LogP contribution in [-0.2, 0) is 6.54 Å². The molecular weight excluding hydrogens is 140 g/mol. The molecule has 0 unspecified atom stereocenters. The lowest BCUT2D eigenvalue weighted by atomic mass is 10.3. The van der Waals surface area contributed by atoms with E-state index >= 15 is 0 Å². The average Bonchev–Trinajstić information content (AvgIpc) is 2.50. The second kappa shape index (κ2) is 2.32. The van der Waals surface area contributed by atoms with Crippen molar-refractivity contribution in [2.45, 2.75) is 6.54 Å². The van der Waals surface area contributed by atoms with Gasteiger partial charge in [-0.15, -0.1) is 0 Å². The molecule has 4 heteroatoms. The van der Waals surface area contributed by atoms with Crippen molar-refractivity contribution in [2.75, 3.05) is 0 Å². The molecule has 0 aliphatic carbocycles. The van der Waals surface area contributed by atoms with E-state index in [4.69, 9.17) is 5.73 Å². The molecule has 0 spiro atoms. The lowest BCUT2D eigenvalue weighted by molar-refractivity contribution is 0.927. The molecule has 56 valence electrons. The quantitative estimate of drug-likeness (QED) is 0.628. The smallest absolute Gasteiger partial charge is 0.155 e. The zero-order valence-electron chi connectivity index (χ0n) is 5.94. The van der Waals surface area contributed by atoms with Gasteiger partial charge < -0.3 is 5.73 Å². The van der Waals surface area contributed by atoms with Gasteiger partial charge in [-0.2, -0.15) is 5.10 Å². The molecule has 2 heterocycles. The molecule has 2 N–H and O–H groups in total. The number of nitrogens with two attached hydrogens (primary N) is 1. The van der Waals surface area contributed by atoms with Crippen molar-refractivity contribution in [1.82, 2.24) is 14.6 Å². The van der Waals surface area contributed by atoms with Crippen molar-refractivity contribution in [3.63, 3.8) is 0 Å². The van der Waals surface area contributed by atoms with Crippen LogP contribution < -0.4 is 5.73 Å². The Morgan fingerprint density at radius 3 is 3.18 bits per heavy atom. The van der Waals surface area contributed by atoms with Gasteiger partial charge in [0, 0.05) is 12.7 Å². The first-order chi connectivity index (χ1) is 5.40. The summed E-state index contributed by atoms with van der Waals surface area (Å²) in [5, 5.41) is 3.98. The van der Waals surface area contributed by atoms with Crippen LogP contribution in [0.25, 0.3) is 5.65 Å². The molecule has 0 saturated heterocycles. The van der Waals surface area contributed by atoms with Gasteiger partial charge in [-0.3, -0.25) is 0 Å². The number of aromatic nitrogens is 3. The van der Waals surface area contributed by atoms with Gasteiger partial charge in [0.1, 0.15) is 6.33 Å². The van der Waals surface area contributed by atoms with Crippen molar-refractivity contribution in [2.24, 2.45) is 5.73 Å². The maximum Gasteiger partial charge on any atom is 0.155 e. The first kappa shape index (κ1) is 6.30. The zero-order valence-corrected chi connectivity index (χ0v) is 5.94. The minimum Gasteiger partial charge on any atom is -0.326 e. The van der Waals surface area contributed by atoms with Crippen LogP contribution >= 0.6 is 0 Å². The van der Waals surface area contributed by atoms with Gasteiger partial charge in [-0.05, 0) is 11.6 Å². The van der Waals surface area contributed by atoms with Crippen molar-refractivity contribution < 1.29 is 0 Å². The molecule has 0 fully saturated rings. The molecule has 2 aromatic rings. The summed E-state index contributed by atoms with van der Waals surface area (Å²) in [5.74, 6) is 0. The Morgan fingerprint density at radius 2 is 2.36 bits per heavy atom. The molecule has 0 aliphatic rings.